The predicted molar refractivity (Wildman–Crippen MR) is 109 cm³/mol. The molecule has 0 radical (unpaired) electrons. The monoisotopic (exact) mass is 410 g/mol. The Morgan fingerprint density at radius 3 is 2.89 bits per heavy atom. The minimum atomic E-state index is -0.364. The van der Waals surface area contributed by atoms with Crippen LogP contribution in [0.1, 0.15) is 30.9 Å². The molecule has 0 amide bonds. The molecular weight excluding hydrogens is 386 g/mol. The Balaban J connectivity index is 1.62. The number of benzene rings is 2. The van der Waals surface area contributed by atoms with Crippen LogP contribution in [-0.4, -0.2) is 30.6 Å². The second kappa shape index (κ2) is 9.74. The van der Waals surface area contributed by atoms with E-state index in [1.54, 1.807) is 18.2 Å². The molecule has 1 saturated heterocycles. The van der Waals surface area contributed by atoms with Gasteiger partial charge in [0.2, 0.25) is 0 Å². The summed E-state index contributed by atoms with van der Waals surface area (Å²) in [5.41, 5.74) is 1.31. The molecule has 1 heterocycles. The van der Waals surface area contributed by atoms with E-state index in [0.29, 0.717) is 33.9 Å². The molecule has 2 aromatic rings. The Morgan fingerprint density at radius 1 is 1.26 bits per heavy atom. The Hall–Kier alpha value is -1.33. The lowest BCUT2D eigenvalue weighted by atomic mass is 10.1. The van der Waals surface area contributed by atoms with Gasteiger partial charge in [-0.15, -0.1) is 0 Å². The standard InChI is InChI=1S/C21H25Cl2FN2O/c1-2-26-10-4-5-17(26)13-25-12-15-11-16(22)8-9-21(15)27-14-18-19(23)6-3-7-20(18)24/h3,6-9,11,17,25H,2,4-5,10,12-14H2,1H3. The second-order valence-corrected chi connectivity index (χ2v) is 7.64. The van der Waals surface area contributed by atoms with Gasteiger partial charge in [0.15, 0.2) is 0 Å². The minimum Gasteiger partial charge on any atom is -0.488 e. The van der Waals surface area contributed by atoms with Crippen molar-refractivity contribution in [3.63, 3.8) is 0 Å². The fraction of sp³-hybridized carbons (Fsp3) is 0.429. The molecule has 0 aromatic heterocycles. The number of nitrogens with one attached hydrogen (secondary N) is 1. The molecule has 146 valence electrons. The Bertz CT molecular complexity index is 752. The van der Waals surface area contributed by atoms with E-state index in [-0.39, 0.29) is 12.4 Å². The highest BCUT2D eigenvalue weighted by Crippen LogP contribution is 2.26. The Morgan fingerprint density at radius 2 is 2.11 bits per heavy atom. The van der Waals surface area contributed by atoms with E-state index in [9.17, 15) is 4.39 Å². The van der Waals surface area contributed by atoms with Crippen molar-refractivity contribution >= 4 is 23.2 Å². The van der Waals surface area contributed by atoms with Crippen LogP contribution in [-0.2, 0) is 13.2 Å². The molecule has 27 heavy (non-hydrogen) atoms. The normalized spacial score (nSPS) is 17.4. The fourth-order valence-corrected chi connectivity index (χ4v) is 3.98. The molecule has 0 saturated carbocycles. The van der Waals surface area contributed by atoms with E-state index in [1.807, 2.05) is 12.1 Å². The molecule has 6 heteroatoms. The van der Waals surface area contributed by atoms with Crippen LogP contribution in [0.4, 0.5) is 4.39 Å². The number of nitrogens with zero attached hydrogens (tertiary/aromatic N) is 1. The molecule has 0 aliphatic carbocycles. The highest BCUT2D eigenvalue weighted by atomic mass is 35.5. The van der Waals surface area contributed by atoms with Crippen molar-refractivity contribution in [3.8, 4) is 5.75 Å². The average molecular weight is 411 g/mol. The first-order valence-corrected chi connectivity index (χ1v) is 10.1. The summed E-state index contributed by atoms with van der Waals surface area (Å²) in [6.07, 6.45) is 2.49. The third kappa shape index (κ3) is 5.35. The van der Waals surface area contributed by atoms with Crippen molar-refractivity contribution in [1.29, 1.82) is 0 Å². The molecular formula is C21H25Cl2FN2O. The number of likely N-dealkylation sites (tertiary alicyclic amines) is 1. The molecule has 1 N–H and O–H groups in total. The molecule has 1 aliphatic rings. The Kier molecular flexibility index (Phi) is 7.36. The van der Waals surface area contributed by atoms with Gasteiger partial charge >= 0.3 is 0 Å². The zero-order valence-corrected chi connectivity index (χ0v) is 17.0. The van der Waals surface area contributed by atoms with E-state index in [4.69, 9.17) is 27.9 Å². The van der Waals surface area contributed by atoms with Gasteiger partial charge < -0.3 is 10.1 Å². The lowest BCUT2D eigenvalue weighted by Crippen LogP contribution is -2.37. The fourth-order valence-electron chi connectivity index (χ4n) is 3.56. The van der Waals surface area contributed by atoms with Crippen LogP contribution in [0.3, 0.4) is 0 Å². The SMILES string of the molecule is CCN1CCCC1CNCc1cc(Cl)ccc1OCc1c(F)cccc1Cl. The van der Waals surface area contributed by atoms with Crippen LogP contribution in [0.25, 0.3) is 0 Å². The summed E-state index contributed by atoms with van der Waals surface area (Å²) in [5, 5.41) is 4.53. The lowest BCUT2D eigenvalue weighted by molar-refractivity contribution is 0.258. The molecule has 1 unspecified atom stereocenters. The lowest BCUT2D eigenvalue weighted by Gasteiger charge is -2.23. The van der Waals surface area contributed by atoms with Gasteiger partial charge in [-0.2, -0.15) is 0 Å². The molecule has 0 spiro atoms. The first-order chi connectivity index (χ1) is 13.1. The number of rotatable bonds is 8. The smallest absolute Gasteiger partial charge is 0.131 e. The van der Waals surface area contributed by atoms with E-state index in [0.717, 1.165) is 18.7 Å². The zero-order valence-electron chi connectivity index (χ0n) is 15.5. The predicted octanol–water partition coefficient (Wildman–Crippen LogP) is 5.29. The molecule has 3 nitrogen and oxygen atoms in total. The Labute approximate surface area is 170 Å². The van der Waals surface area contributed by atoms with Crippen molar-refractivity contribution in [2.75, 3.05) is 19.6 Å². The van der Waals surface area contributed by atoms with Gasteiger partial charge in [0.1, 0.15) is 18.2 Å². The molecule has 1 aliphatic heterocycles. The van der Waals surface area contributed by atoms with Gasteiger partial charge in [0.05, 0.1) is 5.02 Å². The number of halogens is 3. The molecule has 1 fully saturated rings. The van der Waals surface area contributed by atoms with E-state index >= 15 is 0 Å². The summed E-state index contributed by atoms with van der Waals surface area (Å²) in [5.74, 6) is 0.321. The third-order valence-electron chi connectivity index (χ3n) is 5.06. The third-order valence-corrected chi connectivity index (χ3v) is 5.65. The summed E-state index contributed by atoms with van der Waals surface area (Å²) >= 11 is 12.2. The zero-order chi connectivity index (χ0) is 19.2. The number of hydrogen-bond acceptors (Lipinski definition) is 3. The quantitative estimate of drug-likeness (QED) is 0.639. The first kappa shape index (κ1) is 20.4. The van der Waals surface area contributed by atoms with Gasteiger partial charge in [-0.05, 0) is 56.3 Å². The summed E-state index contributed by atoms with van der Waals surface area (Å²) in [4.78, 5) is 2.50. The summed E-state index contributed by atoms with van der Waals surface area (Å²) in [7, 11) is 0. The maximum atomic E-state index is 14.0. The van der Waals surface area contributed by atoms with E-state index in [1.165, 1.54) is 25.5 Å². The molecule has 1 atom stereocenters. The van der Waals surface area contributed by atoms with Gasteiger partial charge in [-0.3, -0.25) is 4.90 Å². The van der Waals surface area contributed by atoms with E-state index < -0.39 is 0 Å². The van der Waals surface area contributed by atoms with Gasteiger partial charge in [0, 0.05) is 35.3 Å². The minimum absolute atomic E-state index is 0.0758. The molecule has 3 rings (SSSR count). The van der Waals surface area contributed by atoms with Gasteiger partial charge in [0.25, 0.3) is 0 Å². The van der Waals surface area contributed by atoms with Crippen molar-refractivity contribution in [2.45, 2.75) is 39.0 Å². The van der Waals surface area contributed by atoms with Crippen molar-refractivity contribution in [3.05, 3.63) is 63.4 Å². The van der Waals surface area contributed by atoms with Crippen LogP contribution in [0.5, 0.6) is 5.75 Å². The summed E-state index contributed by atoms with van der Waals surface area (Å²) in [6, 6.07) is 10.7. The molecule has 2 aromatic carbocycles. The highest BCUT2D eigenvalue weighted by molar-refractivity contribution is 6.31. The first-order valence-electron chi connectivity index (χ1n) is 9.37. The highest BCUT2D eigenvalue weighted by Gasteiger charge is 2.22. The van der Waals surface area contributed by atoms with Gasteiger partial charge in [-0.1, -0.05) is 36.2 Å². The number of likely N-dealkylation sites (N-methyl/N-ethyl adjacent to an activating group) is 1. The largest absolute Gasteiger partial charge is 0.488 e. The number of ether oxygens (including phenoxy) is 1. The molecule has 0 bridgehead atoms. The van der Waals surface area contributed by atoms with Crippen LogP contribution >= 0.6 is 23.2 Å². The second-order valence-electron chi connectivity index (χ2n) is 6.80. The maximum Gasteiger partial charge on any atom is 0.131 e. The maximum absolute atomic E-state index is 14.0. The van der Waals surface area contributed by atoms with E-state index in [2.05, 4.69) is 17.1 Å². The van der Waals surface area contributed by atoms with Crippen LogP contribution < -0.4 is 10.1 Å². The summed E-state index contributed by atoms with van der Waals surface area (Å²) in [6.45, 7) is 6.12. The van der Waals surface area contributed by atoms with Crippen LogP contribution in [0.15, 0.2) is 36.4 Å². The average Bonchev–Trinajstić information content (AvgIpc) is 3.10. The van der Waals surface area contributed by atoms with Gasteiger partial charge in [-0.25, -0.2) is 4.39 Å². The van der Waals surface area contributed by atoms with Crippen molar-refractivity contribution in [1.82, 2.24) is 10.2 Å². The number of hydrogen-bond donors (Lipinski definition) is 1. The summed E-state index contributed by atoms with van der Waals surface area (Å²) < 4.78 is 19.8. The van der Waals surface area contributed by atoms with Crippen LogP contribution in [0.2, 0.25) is 10.0 Å². The van der Waals surface area contributed by atoms with Crippen molar-refractivity contribution < 1.29 is 9.13 Å². The topological polar surface area (TPSA) is 24.5 Å². The van der Waals surface area contributed by atoms with Crippen LogP contribution in [0, 0.1) is 5.82 Å². The van der Waals surface area contributed by atoms with Crippen molar-refractivity contribution in [2.24, 2.45) is 0 Å².